The minimum absolute atomic E-state index is 0.721. The number of nitrogens with two attached hydrogens (primary N) is 1. The van der Waals surface area contributed by atoms with Crippen molar-refractivity contribution in [1.29, 1.82) is 0 Å². The molecule has 0 fully saturated rings. The monoisotopic (exact) mass is 210 g/mol. The summed E-state index contributed by atoms with van der Waals surface area (Å²) in [5.74, 6) is 0. The van der Waals surface area contributed by atoms with Crippen molar-refractivity contribution < 1.29 is 4.55 Å². The predicted molar refractivity (Wildman–Crippen MR) is 57.1 cm³/mol. The summed E-state index contributed by atoms with van der Waals surface area (Å²) in [7, 11) is 2.09. The Morgan fingerprint density at radius 1 is 1.43 bits per heavy atom. The summed E-state index contributed by atoms with van der Waals surface area (Å²) in [4.78, 5) is 2.98. The maximum absolute atomic E-state index is 11.1. The fourth-order valence-corrected chi connectivity index (χ4v) is 2.26. The van der Waals surface area contributed by atoms with Gasteiger partial charge < -0.3 is 9.45 Å². The highest BCUT2D eigenvalue weighted by atomic mass is 32.2. The Bertz CT molecular complexity index is 341. The first-order valence-corrected chi connectivity index (χ1v) is 5.84. The van der Waals surface area contributed by atoms with Gasteiger partial charge in [-0.1, -0.05) is 6.07 Å². The van der Waals surface area contributed by atoms with E-state index in [1.165, 1.54) is 11.1 Å². The molecule has 3 nitrogen and oxygen atoms in total. The van der Waals surface area contributed by atoms with Gasteiger partial charge in [-0.3, -0.25) is 0 Å². The van der Waals surface area contributed by atoms with Crippen molar-refractivity contribution in [3.05, 3.63) is 29.3 Å². The van der Waals surface area contributed by atoms with Crippen LogP contribution in [0, 0.1) is 0 Å². The molecule has 2 N–H and O–H groups in total. The number of benzene rings is 1. The Morgan fingerprint density at radius 3 is 2.93 bits per heavy atom. The van der Waals surface area contributed by atoms with Gasteiger partial charge in [-0.25, -0.2) is 0 Å². The van der Waals surface area contributed by atoms with Crippen LogP contribution in [0.2, 0.25) is 0 Å². The Morgan fingerprint density at radius 2 is 2.21 bits per heavy atom. The van der Waals surface area contributed by atoms with Gasteiger partial charge in [0.2, 0.25) is 0 Å². The molecule has 1 aromatic carbocycles. The van der Waals surface area contributed by atoms with Crippen molar-refractivity contribution in [2.75, 3.05) is 13.6 Å². The van der Waals surface area contributed by atoms with E-state index in [0.29, 0.717) is 0 Å². The zero-order valence-corrected chi connectivity index (χ0v) is 9.01. The van der Waals surface area contributed by atoms with E-state index in [9.17, 15) is 4.55 Å². The minimum atomic E-state index is -1.36. The molecule has 1 aromatic rings. The van der Waals surface area contributed by atoms with Gasteiger partial charge in [-0.2, -0.15) is 0 Å². The van der Waals surface area contributed by atoms with E-state index in [-0.39, 0.29) is 0 Å². The third-order valence-electron chi connectivity index (χ3n) is 2.61. The van der Waals surface area contributed by atoms with Crippen LogP contribution in [0.25, 0.3) is 0 Å². The Labute approximate surface area is 87.2 Å². The molecule has 1 aliphatic rings. The van der Waals surface area contributed by atoms with E-state index in [1.807, 2.05) is 18.2 Å². The summed E-state index contributed by atoms with van der Waals surface area (Å²) < 4.78 is 11.1. The quantitative estimate of drug-likeness (QED) is 0.693. The van der Waals surface area contributed by atoms with Crippen LogP contribution in [-0.4, -0.2) is 23.0 Å². The number of hydrogen-bond donors (Lipinski definition) is 1. The van der Waals surface area contributed by atoms with Gasteiger partial charge in [0.25, 0.3) is 0 Å². The second kappa shape index (κ2) is 3.90. The predicted octanol–water partition coefficient (Wildman–Crippen LogP) is 0.656. The fraction of sp³-hybridized carbons (Fsp3) is 0.400. The van der Waals surface area contributed by atoms with Crippen molar-refractivity contribution in [1.82, 2.24) is 4.90 Å². The van der Waals surface area contributed by atoms with Gasteiger partial charge in [0.05, 0.1) is 11.4 Å². The summed E-state index contributed by atoms with van der Waals surface area (Å²) >= 11 is -1.36. The average molecular weight is 210 g/mol. The first-order valence-electron chi connectivity index (χ1n) is 4.63. The molecule has 0 saturated carbocycles. The summed E-state index contributed by atoms with van der Waals surface area (Å²) in [6, 6.07) is 5.86. The van der Waals surface area contributed by atoms with Crippen molar-refractivity contribution in [2.24, 2.45) is 5.14 Å². The second-order valence-corrected chi connectivity index (χ2v) is 4.78. The van der Waals surface area contributed by atoms with Crippen LogP contribution >= 0.6 is 0 Å². The van der Waals surface area contributed by atoms with Gasteiger partial charge in [0.15, 0.2) is 4.90 Å². The number of rotatable bonds is 1. The zero-order chi connectivity index (χ0) is 10.1. The van der Waals surface area contributed by atoms with Crippen LogP contribution < -0.4 is 5.14 Å². The fourth-order valence-electron chi connectivity index (χ4n) is 1.80. The Hall–Kier alpha value is -0.550. The van der Waals surface area contributed by atoms with E-state index < -0.39 is 11.4 Å². The lowest BCUT2D eigenvalue weighted by Crippen LogP contribution is -2.27. The first kappa shape index (κ1) is 9.98. The summed E-state index contributed by atoms with van der Waals surface area (Å²) in [6.07, 6.45) is 1.07. The topological polar surface area (TPSA) is 52.3 Å². The third-order valence-corrected chi connectivity index (χ3v) is 3.33. The Kier molecular flexibility index (Phi) is 2.78. The van der Waals surface area contributed by atoms with Crippen molar-refractivity contribution in [2.45, 2.75) is 17.9 Å². The van der Waals surface area contributed by atoms with Gasteiger partial charge in [0, 0.05) is 13.1 Å². The highest BCUT2D eigenvalue weighted by Crippen LogP contribution is 2.20. The van der Waals surface area contributed by atoms with Crippen LogP contribution in [0.4, 0.5) is 0 Å². The van der Waals surface area contributed by atoms with Crippen LogP contribution in [0.1, 0.15) is 11.1 Å². The molecule has 0 radical (unpaired) electrons. The van der Waals surface area contributed by atoms with Gasteiger partial charge in [-0.15, -0.1) is 5.14 Å². The molecule has 0 aliphatic carbocycles. The highest BCUT2D eigenvalue weighted by molar-refractivity contribution is 7.89. The molecule has 2 rings (SSSR count). The zero-order valence-electron chi connectivity index (χ0n) is 8.19. The summed E-state index contributed by atoms with van der Waals surface area (Å²) in [6.45, 7) is 2.03. The largest absolute Gasteiger partial charge is 0.593 e. The number of nitrogens with zero attached hydrogens (tertiary/aromatic N) is 1. The lowest BCUT2D eigenvalue weighted by atomic mass is 10.0. The molecule has 76 valence electrons. The van der Waals surface area contributed by atoms with E-state index >= 15 is 0 Å². The molecule has 1 heterocycles. The van der Waals surface area contributed by atoms with Crippen molar-refractivity contribution in [3.8, 4) is 0 Å². The molecule has 14 heavy (non-hydrogen) atoms. The van der Waals surface area contributed by atoms with Crippen LogP contribution in [0.3, 0.4) is 0 Å². The van der Waals surface area contributed by atoms with Crippen LogP contribution in [0.5, 0.6) is 0 Å². The third kappa shape index (κ3) is 1.93. The highest BCUT2D eigenvalue weighted by Gasteiger charge is 2.15. The molecule has 0 aromatic heterocycles. The minimum Gasteiger partial charge on any atom is -0.593 e. The smallest absolute Gasteiger partial charge is 0.174 e. The van der Waals surface area contributed by atoms with Crippen LogP contribution in [0.15, 0.2) is 23.1 Å². The van der Waals surface area contributed by atoms with Crippen molar-refractivity contribution >= 4 is 11.4 Å². The first-order chi connectivity index (χ1) is 6.66. The lowest BCUT2D eigenvalue weighted by Gasteiger charge is -2.24. The van der Waals surface area contributed by atoms with E-state index in [1.54, 1.807) is 0 Å². The second-order valence-electron chi connectivity index (χ2n) is 3.72. The number of likely N-dealkylation sites (N-methyl/N-ethyl adjacent to an activating group) is 1. The molecule has 1 unspecified atom stereocenters. The van der Waals surface area contributed by atoms with Gasteiger partial charge in [0.1, 0.15) is 0 Å². The maximum atomic E-state index is 11.1. The van der Waals surface area contributed by atoms with E-state index in [2.05, 4.69) is 11.9 Å². The summed E-state index contributed by atoms with van der Waals surface area (Å²) in [5, 5.41) is 5.34. The average Bonchev–Trinajstić information content (AvgIpc) is 2.16. The normalized spacial score (nSPS) is 19.1. The van der Waals surface area contributed by atoms with Crippen LogP contribution in [-0.2, 0) is 24.3 Å². The molecule has 1 atom stereocenters. The standard InChI is InChI=1S/C10H14N2OS/c1-12-5-4-8-2-3-10(14(11)13)6-9(8)7-12/h2-3,6H,4-5,7,11H2,1H3. The van der Waals surface area contributed by atoms with Gasteiger partial charge in [-0.05, 0) is 36.7 Å². The lowest BCUT2D eigenvalue weighted by molar-refractivity contribution is 0.312. The molecule has 0 bridgehead atoms. The molecule has 0 saturated heterocycles. The SMILES string of the molecule is CN1CCc2ccc([S+](N)[O-])cc2C1. The Balaban J connectivity index is 2.33. The van der Waals surface area contributed by atoms with E-state index in [4.69, 9.17) is 5.14 Å². The number of fused-ring (bicyclic) bond motifs is 1. The van der Waals surface area contributed by atoms with Gasteiger partial charge >= 0.3 is 0 Å². The summed E-state index contributed by atoms with van der Waals surface area (Å²) in [5.41, 5.74) is 2.62. The molecule has 0 spiro atoms. The molecule has 4 heteroatoms. The number of hydrogen-bond acceptors (Lipinski definition) is 3. The van der Waals surface area contributed by atoms with Crippen molar-refractivity contribution in [3.63, 3.8) is 0 Å². The maximum Gasteiger partial charge on any atom is 0.174 e. The van der Waals surface area contributed by atoms with E-state index in [0.717, 1.165) is 24.4 Å². The molecule has 0 amide bonds. The molecular formula is C10H14N2OS. The molecule has 1 aliphatic heterocycles. The molecular weight excluding hydrogens is 196 g/mol.